The number of benzene rings is 2. The highest BCUT2D eigenvalue weighted by Crippen LogP contribution is 2.33. The number of anilines is 1. The number of amides is 2. The quantitative estimate of drug-likeness (QED) is 0.715. The van der Waals surface area contributed by atoms with Crippen LogP contribution in [0.1, 0.15) is 37.8 Å². The lowest BCUT2D eigenvalue weighted by molar-refractivity contribution is -0.137. The number of nitrogens with one attached hydrogen (secondary N) is 1. The summed E-state index contributed by atoms with van der Waals surface area (Å²) in [6, 6.07) is 16.1. The lowest BCUT2D eigenvalue weighted by Gasteiger charge is -2.33. The molecule has 0 saturated carbocycles. The summed E-state index contributed by atoms with van der Waals surface area (Å²) in [5.41, 5.74) is 1.50. The standard InChI is InChI=1S/C22H24N2O5/c1-15-22(28)24(18-9-5-6-10-19(18)29-15)14-13-20(25)23-17(11-12-21(26)27)16-7-3-2-4-8-16/h2-10,15,17H,11-14H2,1H3,(H,23,25)(H,26,27). The van der Waals surface area contributed by atoms with Crippen molar-refractivity contribution in [1.82, 2.24) is 5.32 Å². The van der Waals surface area contributed by atoms with Crippen LogP contribution in [-0.2, 0) is 14.4 Å². The van der Waals surface area contributed by atoms with Crippen LogP contribution in [0.3, 0.4) is 0 Å². The van der Waals surface area contributed by atoms with E-state index in [0.29, 0.717) is 17.9 Å². The maximum absolute atomic E-state index is 12.6. The van der Waals surface area contributed by atoms with E-state index in [1.807, 2.05) is 42.5 Å². The Morgan fingerprint density at radius 1 is 1.10 bits per heavy atom. The predicted molar refractivity (Wildman–Crippen MR) is 108 cm³/mol. The maximum Gasteiger partial charge on any atom is 0.303 e. The van der Waals surface area contributed by atoms with Crippen LogP contribution >= 0.6 is 0 Å². The fourth-order valence-corrected chi connectivity index (χ4v) is 3.34. The molecule has 1 heterocycles. The van der Waals surface area contributed by atoms with Crippen molar-refractivity contribution in [2.24, 2.45) is 0 Å². The zero-order valence-electron chi connectivity index (χ0n) is 16.2. The number of hydrogen-bond donors (Lipinski definition) is 2. The van der Waals surface area contributed by atoms with Crippen molar-refractivity contribution in [3.8, 4) is 5.75 Å². The van der Waals surface area contributed by atoms with Gasteiger partial charge in [0.25, 0.3) is 5.91 Å². The van der Waals surface area contributed by atoms with Crippen molar-refractivity contribution >= 4 is 23.5 Å². The van der Waals surface area contributed by atoms with Gasteiger partial charge in [-0.15, -0.1) is 0 Å². The minimum atomic E-state index is -0.912. The molecular formula is C22H24N2O5. The number of hydrogen-bond acceptors (Lipinski definition) is 4. The van der Waals surface area contributed by atoms with Gasteiger partial charge in [0.15, 0.2) is 6.10 Å². The molecule has 0 aromatic heterocycles. The first-order chi connectivity index (χ1) is 14.0. The Hall–Kier alpha value is -3.35. The average Bonchev–Trinajstić information content (AvgIpc) is 2.72. The Balaban J connectivity index is 1.66. The second kappa shape index (κ2) is 9.23. The minimum Gasteiger partial charge on any atom is -0.481 e. The van der Waals surface area contributed by atoms with E-state index >= 15 is 0 Å². The molecule has 2 amide bonds. The molecule has 7 heteroatoms. The number of rotatable bonds is 8. The van der Waals surface area contributed by atoms with Gasteiger partial charge in [-0.2, -0.15) is 0 Å². The number of nitrogens with zero attached hydrogens (tertiary/aromatic N) is 1. The Morgan fingerprint density at radius 2 is 1.79 bits per heavy atom. The van der Waals surface area contributed by atoms with Crippen LogP contribution in [0.4, 0.5) is 5.69 Å². The first-order valence-corrected chi connectivity index (χ1v) is 9.59. The minimum absolute atomic E-state index is 0.0489. The number of carbonyl (C=O) groups is 3. The van der Waals surface area contributed by atoms with Crippen LogP contribution in [0.15, 0.2) is 54.6 Å². The van der Waals surface area contributed by atoms with Crippen molar-refractivity contribution in [2.75, 3.05) is 11.4 Å². The zero-order valence-corrected chi connectivity index (χ0v) is 16.2. The molecule has 0 saturated heterocycles. The Bertz CT molecular complexity index is 884. The van der Waals surface area contributed by atoms with E-state index < -0.39 is 18.1 Å². The molecule has 1 aliphatic heterocycles. The van der Waals surface area contributed by atoms with Gasteiger partial charge in [0.1, 0.15) is 5.75 Å². The summed E-state index contributed by atoms with van der Waals surface area (Å²) in [7, 11) is 0. The lowest BCUT2D eigenvalue weighted by Crippen LogP contribution is -2.46. The molecule has 7 nitrogen and oxygen atoms in total. The van der Waals surface area contributed by atoms with E-state index in [9.17, 15) is 14.4 Å². The highest BCUT2D eigenvalue weighted by molar-refractivity contribution is 6.00. The smallest absolute Gasteiger partial charge is 0.303 e. The molecule has 0 fully saturated rings. The third-order valence-electron chi connectivity index (χ3n) is 4.82. The summed E-state index contributed by atoms with van der Waals surface area (Å²) >= 11 is 0. The number of fused-ring (bicyclic) bond motifs is 1. The molecule has 2 N–H and O–H groups in total. The summed E-state index contributed by atoms with van der Waals surface area (Å²) < 4.78 is 5.61. The van der Waals surface area contributed by atoms with E-state index in [-0.39, 0.29) is 31.2 Å². The van der Waals surface area contributed by atoms with Crippen LogP contribution < -0.4 is 15.0 Å². The van der Waals surface area contributed by atoms with Gasteiger partial charge in [0.05, 0.1) is 11.7 Å². The number of para-hydroxylation sites is 2. The molecule has 3 rings (SSSR count). The van der Waals surface area contributed by atoms with E-state index in [1.165, 1.54) is 0 Å². The Morgan fingerprint density at radius 3 is 2.52 bits per heavy atom. The first-order valence-electron chi connectivity index (χ1n) is 9.59. The van der Waals surface area contributed by atoms with Gasteiger partial charge < -0.3 is 20.1 Å². The fraction of sp³-hybridized carbons (Fsp3) is 0.318. The Labute approximate surface area is 169 Å². The van der Waals surface area contributed by atoms with Gasteiger partial charge in [-0.1, -0.05) is 42.5 Å². The number of carboxylic acids is 1. The van der Waals surface area contributed by atoms with E-state index in [2.05, 4.69) is 5.32 Å². The van der Waals surface area contributed by atoms with Gasteiger partial charge >= 0.3 is 5.97 Å². The number of carbonyl (C=O) groups excluding carboxylic acids is 2. The number of ether oxygens (including phenoxy) is 1. The molecule has 2 atom stereocenters. The normalized spacial score (nSPS) is 16.5. The molecule has 152 valence electrons. The number of aliphatic carboxylic acids is 1. The molecule has 2 aromatic carbocycles. The second-order valence-electron chi connectivity index (χ2n) is 6.93. The van der Waals surface area contributed by atoms with Gasteiger partial charge in [-0.05, 0) is 31.0 Å². The summed E-state index contributed by atoms with van der Waals surface area (Å²) in [4.78, 5) is 37.6. The van der Waals surface area contributed by atoms with Gasteiger partial charge in [-0.25, -0.2) is 0 Å². The van der Waals surface area contributed by atoms with E-state index in [0.717, 1.165) is 5.56 Å². The highest BCUT2D eigenvalue weighted by Gasteiger charge is 2.31. The van der Waals surface area contributed by atoms with Crippen LogP contribution in [-0.4, -0.2) is 35.5 Å². The maximum atomic E-state index is 12.6. The van der Waals surface area contributed by atoms with Crippen LogP contribution in [0.25, 0.3) is 0 Å². The monoisotopic (exact) mass is 396 g/mol. The first kappa shape index (κ1) is 20.4. The van der Waals surface area contributed by atoms with Gasteiger partial charge in [0.2, 0.25) is 5.91 Å². The summed E-state index contributed by atoms with van der Waals surface area (Å²) in [6.07, 6.45) is -0.266. The summed E-state index contributed by atoms with van der Waals surface area (Å²) in [5.74, 6) is -0.732. The highest BCUT2D eigenvalue weighted by atomic mass is 16.5. The molecule has 0 radical (unpaired) electrons. The molecule has 2 unspecified atom stereocenters. The third kappa shape index (κ3) is 5.13. The van der Waals surface area contributed by atoms with Crippen molar-refractivity contribution in [3.05, 3.63) is 60.2 Å². The molecule has 0 aliphatic carbocycles. The summed E-state index contributed by atoms with van der Waals surface area (Å²) in [6.45, 7) is 1.90. The van der Waals surface area contributed by atoms with E-state index in [4.69, 9.17) is 9.84 Å². The lowest BCUT2D eigenvalue weighted by atomic mass is 10.0. The Kier molecular flexibility index (Phi) is 6.49. The van der Waals surface area contributed by atoms with Crippen molar-refractivity contribution in [3.63, 3.8) is 0 Å². The van der Waals surface area contributed by atoms with Crippen molar-refractivity contribution in [1.29, 1.82) is 0 Å². The van der Waals surface area contributed by atoms with Crippen molar-refractivity contribution < 1.29 is 24.2 Å². The second-order valence-corrected chi connectivity index (χ2v) is 6.93. The third-order valence-corrected chi connectivity index (χ3v) is 4.82. The zero-order chi connectivity index (χ0) is 20.8. The van der Waals surface area contributed by atoms with Crippen LogP contribution in [0, 0.1) is 0 Å². The summed E-state index contributed by atoms with van der Waals surface area (Å²) in [5, 5.41) is 11.9. The van der Waals surface area contributed by atoms with E-state index in [1.54, 1.807) is 24.0 Å². The SMILES string of the molecule is CC1Oc2ccccc2N(CCC(=O)NC(CCC(=O)O)c2ccccc2)C1=O. The number of carboxylic acid groups (broad SMARTS) is 1. The molecule has 0 bridgehead atoms. The molecule has 29 heavy (non-hydrogen) atoms. The average molecular weight is 396 g/mol. The van der Waals surface area contributed by atoms with Gasteiger partial charge in [-0.3, -0.25) is 14.4 Å². The molecular weight excluding hydrogens is 372 g/mol. The molecule has 2 aromatic rings. The molecule has 0 spiro atoms. The predicted octanol–water partition coefficient (Wildman–Crippen LogP) is 2.91. The topological polar surface area (TPSA) is 95.9 Å². The molecule has 1 aliphatic rings. The fourth-order valence-electron chi connectivity index (χ4n) is 3.34. The van der Waals surface area contributed by atoms with Crippen LogP contribution in [0.5, 0.6) is 5.75 Å². The van der Waals surface area contributed by atoms with Crippen molar-refractivity contribution in [2.45, 2.75) is 38.3 Å². The van der Waals surface area contributed by atoms with Crippen LogP contribution in [0.2, 0.25) is 0 Å². The largest absolute Gasteiger partial charge is 0.481 e. The van der Waals surface area contributed by atoms with Gasteiger partial charge in [0, 0.05) is 19.4 Å².